The summed E-state index contributed by atoms with van der Waals surface area (Å²) in [5, 5.41) is 19.1. The van der Waals surface area contributed by atoms with Crippen LogP contribution in [-0.2, 0) is 0 Å². The molecule has 1 amide bonds. The van der Waals surface area contributed by atoms with Crippen molar-refractivity contribution in [3.8, 4) is 0 Å². The van der Waals surface area contributed by atoms with Crippen LogP contribution in [-0.4, -0.2) is 52.3 Å². The van der Waals surface area contributed by atoms with Gasteiger partial charge in [0.1, 0.15) is 11.5 Å². The van der Waals surface area contributed by atoms with Gasteiger partial charge in [-0.15, -0.1) is 0 Å². The van der Waals surface area contributed by atoms with Gasteiger partial charge in [0.25, 0.3) is 5.91 Å². The van der Waals surface area contributed by atoms with Crippen LogP contribution >= 0.6 is 0 Å². The molecule has 7 heteroatoms. The molecule has 0 spiro atoms. The lowest BCUT2D eigenvalue weighted by Gasteiger charge is -2.24. The van der Waals surface area contributed by atoms with Crippen molar-refractivity contribution in [1.29, 1.82) is 0 Å². The third kappa shape index (κ3) is 1.94. The molecule has 24 heavy (non-hydrogen) atoms. The zero-order valence-corrected chi connectivity index (χ0v) is 12.8. The highest BCUT2D eigenvalue weighted by Gasteiger charge is 2.68. The van der Waals surface area contributed by atoms with Crippen molar-refractivity contribution in [2.75, 3.05) is 26.3 Å². The van der Waals surface area contributed by atoms with Crippen molar-refractivity contribution < 1.29 is 19.4 Å². The topological polar surface area (TPSA) is 93.6 Å². The molecule has 0 radical (unpaired) electrons. The summed E-state index contributed by atoms with van der Waals surface area (Å²) in [7, 11) is 0. The Balaban J connectivity index is 1.62. The van der Waals surface area contributed by atoms with Crippen LogP contribution in [0.1, 0.15) is 10.5 Å². The van der Waals surface area contributed by atoms with Gasteiger partial charge in [-0.1, -0.05) is 6.07 Å². The fraction of sp³-hybridized carbons (Fsp3) is 0.412. The summed E-state index contributed by atoms with van der Waals surface area (Å²) in [6, 6.07) is 5.38. The molecular weight excluding hydrogens is 315 g/mol. The number of aromatic nitrogens is 1. The number of aliphatic hydroxyl groups is 2. The number of piperidine rings is 1. The molecule has 1 aromatic heterocycles. The highest BCUT2D eigenvalue weighted by atomic mass is 19.1. The van der Waals surface area contributed by atoms with Crippen LogP contribution in [0, 0.1) is 23.1 Å². The second kappa shape index (κ2) is 5.12. The first-order valence-electron chi connectivity index (χ1n) is 7.84. The molecule has 2 aliphatic rings. The predicted molar refractivity (Wildman–Crippen MR) is 84.0 cm³/mol. The summed E-state index contributed by atoms with van der Waals surface area (Å²) in [6.07, 6.45) is 0. The molecule has 2 unspecified atom stereocenters. The lowest BCUT2D eigenvalue weighted by Crippen LogP contribution is -2.37. The first kappa shape index (κ1) is 15.3. The fourth-order valence-corrected chi connectivity index (χ4v) is 4.04. The van der Waals surface area contributed by atoms with E-state index in [0.29, 0.717) is 13.1 Å². The van der Waals surface area contributed by atoms with Gasteiger partial charge in [0, 0.05) is 30.0 Å². The van der Waals surface area contributed by atoms with E-state index < -0.39 is 16.7 Å². The maximum Gasteiger partial charge on any atom is 0.270 e. The standard InChI is InChI=1S/C17H17FN2O4/c18-12-3-1-2-9-14(23)4-13(19-15(9)12)16(24)20-5-10-11(6-20)17(10,7-21)8-22/h1-4,10-11,21-22H,5-8H2,(H,19,23). The number of fused-ring (bicyclic) bond motifs is 2. The van der Waals surface area contributed by atoms with Gasteiger partial charge >= 0.3 is 0 Å². The number of H-pyrrole nitrogens is 1. The molecule has 1 aromatic carbocycles. The second-order valence-corrected chi connectivity index (χ2v) is 6.68. The molecule has 2 aromatic rings. The zero-order chi connectivity index (χ0) is 17.1. The summed E-state index contributed by atoms with van der Waals surface area (Å²) < 4.78 is 13.9. The predicted octanol–water partition coefficient (Wildman–Crippen LogP) is 0.340. The number of aromatic amines is 1. The molecule has 3 N–H and O–H groups in total. The Labute approximate surface area is 136 Å². The molecule has 1 saturated carbocycles. The Morgan fingerprint density at radius 3 is 2.58 bits per heavy atom. The number of carbonyl (C=O) groups excluding carboxylic acids is 1. The van der Waals surface area contributed by atoms with E-state index in [2.05, 4.69) is 4.98 Å². The molecule has 1 aliphatic carbocycles. The van der Waals surface area contributed by atoms with E-state index in [1.165, 1.54) is 24.3 Å². The number of likely N-dealkylation sites (tertiary alicyclic amines) is 1. The smallest absolute Gasteiger partial charge is 0.270 e. The minimum atomic E-state index is -0.580. The van der Waals surface area contributed by atoms with Gasteiger partial charge in [0.15, 0.2) is 5.43 Å². The second-order valence-electron chi connectivity index (χ2n) is 6.68. The maximum atomic E-state index is 13.9. The average Bonchev–Trinajstić information content (AvgIpc) is 2.95. The Kier molecular flexibility index (Phi) is 3.26. The molecule has 126 valence electrons. The van der Waals surface area contributed by atoms with Gasteiger partial charge in [0.2, 0.25) is 0 Å². The third-order valence-corrected chi connectivity index (χ3v) is 5.61. The van der Waals surface area contributed by atoms with E-state index in [4.69, 9.17) is 0 Å². The molecule has 2 atom stereocenters. The van der Waals surface area contributed by atoms with E-state index in [0.717, 1.165) is 0 Å². The van der Waals surface area contributed by atoms with Gasteiger partial charge in [-0.3, -0.25) is 9.59 Å². The molecule has 1 aliphatic heterocycles. The number of pyridine rings is 1. The summed E-state index contributed by atoms with van der Waals surface area (Å²) in [6.45, 7) is 0.641. The van der Waals surface area contributed by atoms with Crippen LogP contribution in [0.4, 0.5) is 4.39 Å². The number of aliphatic hydroxyl groups excluding tert-OH is 2. The Bertz CT molecular complexity index is 876. The summed E-state index contributed by atoms with van der Waals surface area (Å²) in [4.78, 5) is 29.0. The Hall–Kier alpha value is -2.25. The van der Waals surface area contributed by atoms with E-state index in [-0.39, 0.29) is 47.6 Å². The summed E-state index contributed by atoms with van der Waals surface area (Å²) >= 11 is 0. The van der Waals surface area contributed by atoms with Gasteiger partial charge in [-0.2, -0.15) is 0 Å². The minimum absolute atomic E-state index is 0.0257. The first-order chi connectivity index (χ1) is 11.5. The number of amides is 1. The molecule has 2 heterocycles. The number of nitrogens with one attached hydrogen (secondary N) is 1. The van der Waals surface area contributed by atoms with Crippen LogP contribution in [0.5, 0.6) is 0 Å². The fourth-order valence-electron chi connectivity index (χ4n) is 4.04. The Morgan fingerprint density at radius 2 is 1.96 bits per heavy atom. The molecule has 6 nitrogen and oxygen atoms in total. The van der Waals surface area contributed by atoms with Crippen molar-refractivity contribution in [1.82, 2.24) is 9.88 Å². The highest BCUT2D eigenvalue weighted by Crippen LogP contribution is 2.62. The van der Waals surface area contributed by atoms with E-state index in [1.54, 1.807) is 4.90 Å². The third-order valence-electron chi connectivity index (χ3n) is 5.61. The SMILES string of the molecule is O=C(c1cc(=O)c2cccc(F)c2[nH]1)N1CC2C(C1)C2(CO)CO. The number of carbonyl (C=O) groups is 1. The van der Waals surface area contributed by atoms with Crippen LogP contribution in [0.3, 0.4) is 0 Å². The van der Waals surface area contributed by atoms with Crippen molar-refractivity contribution in [3.05, 3.63) is 46.0 Å². The van der Waals surface area contributed by atoms with Crippen molar-refractivity contribution >= 4 is 16.8 Å². The van der Waals surface area contributed by atoms with Crippen LogP contribution in [0.25, 0.3) is 10.9 Å². The number of halogens is 1. The van der Waals surface area contributed by atoms with E-state index in [9.17, 15) is 24.2 Å². The Morgan fingerprint density at radius 1 is 1.29 bits per heavy atom. The van der Waals surface area contributed by atoms with Gasteiger partial charge < -0.3 is 20.1 Å². The monoisotopic (exact) mass is 332 g/mol. The number of nitrogens with zero attached hydrogens (tertiary/aromatic N) is 1. The van der Waals surface area contributed by atoms with E-state index >= 15 is 0 Å². The lowest BCUT2D eigenvalue weighted by molar-refractivity contribution is 0.0633. The summed E-state index contributed by atoms with van der Waals surface area (Å²) in [5.74, 6) is -0.807. The number of hydrogen-bond donors (Lipinski definition) is 3. The zero-order valence-electron chi connectivity index (χ0n) is 12.8. The summed E-state index contributed by atoms with van der Waals surface area (Å²) in [5.41, 5.74) is -0.814. The minimum Gasteiger partial charge on any atom is -0.396 e. The van der Waals surface area contributed by atoms with Gasteiger partial charge in [-0.05, 0) is 24.0 Å². The number of benzene rings is 1. The quantitative estimate of drug-likeness (QED) is 0.756. The van der Waals surface area contributed by atoms with Crippen molar-refractivity contribution in [3.63, 3.8) is 0 Å². The largest absolute Gasteiger partial charge is 0.396 e. The lowest BCUT2D eigenvalue weighted by atomic mass is 10.0. The van der Waals surface area contributed by atoms with Crippen LogP contribution in [0.2, 0.25) is 0 Å². The molecule has 0 bridgehead atoms. The first-order valence-corrected chi connectivity index (χ1v) is 7.84. The van der Waals surface area contributed by atoms with Gasteiger partial charge in [0.05, 0.1) is 18.7 Å². The highest BCUT2D eigenvalue weighted by molar-refractivity contribution is 5.95. The van der Waals surface area contributed by atoms with Gasteiger partial charge in [-0.25, -0.2) is 4.39 Å². The normalized spacial score (nSPS) is 24.2. The molecular formula is C17H17FN2O4. The maximum absolute atomic E-state index is 13.9. The number of hydrogen-bond acceptors (Lipinski definition) is 4. The molecule has 1 saturated heterocycles. The van der Waals surface area contributed by atoms with Crippen molar-refractivity contribution in [2.24, 2.45) is 17.3 Å². The van der Waals surface area contributed by atoms with Crippen molar-refractivity contribution in [2.45, 2.75) is 0 Å². The average molecular weight is 332 g/mol. The van der Waals surface area contributed by atoms with Crippen LogP contribution < -0.4 is 5.43 Å². The number of para-hydroxylation sites is 1. The van der Waals surface area contributed by atoms with E-state index in [1.807, 2.05) is 0 Å². The molecule has 4 rings (SSSR count). The number of rotatable bonds is 3. The molecule has 2 fully saturated rings. The van der Waals surface area contributed by atoms with Crippen LogP contribution in [0.15, 0.2) is 29.1 Å².